The van der Waals surface area contributed by atoms with E-state index < -0.39 is 12.0 Å². The van der Waals surface area contributed by atoms with Crippen LogP contribution >= 0.6 is 0 Å². The topological polar surface area (TPSA) is 51.8 Å². The third-order valence-electron chi connectivity index (χ3n) is 2.59. The lowest BCUT2D eigenvalue weighted by Gasteiger charge is -2.26. The minimum absolute atomic E-state index is 0.0779. The Labute approximate surface area is 84.5 Å². The van der Waals surface area contributed by atoms with Crippen LogP contribution < -0.4 is 5.73 Å². The molecule has 0 spiro atoms. The van der Waals surface area contributed by atoms with E-state index in [0.29, 0.717) is 5.69 Å². The van der Waals surface area contributed by atoms with Crippen molar-refractivity contribution < 1.29 is 13.2 Å². The number of rotatable bonds is 1. The van der Waals surface area contributed by atoms with Gasteiger partial charge in [0.25, 0.3) is 0 Å². The van der Waals surface area contributed by atoms with Crippen molar-refractivity contribution in [2.75, 3.05) is 5.73 Å². The van der Waals surface area contributed by atoms with Gasteiger partial charge in [0.15, 0.2) is 0 Å². The Morgan fingerprint density at radius 3 is 2.47 bits per heavy atom. The first kappa shape index (κ1) is 10.2. The average molecular weight is 217 g/mol. The number of hydrogen-bond acceptors (Lipinski definition) is 3. The van der Waals surface area contributed by atoms with Gasteiger partial charge in [-0.25, -0.2) is 9.97 Å². The molecule has 2 rings (SSSR count). The Hall–Kier alpha value is -1.33. The van der Waals surface area contributed by atoms with Gasteiger partial charge < -0.3 is 5.73 Å². The molecule has 1 fully saturated rings. The maximum absolute atomic E-state index is 12.3. The number of nitrogen functional groups attached to an aromatic ring is 1. The van der Waals surface area contributed by atoms with Gasteiger partial charge in [0.05, 0.1) is 17.6 Å². The van der Waals surface area contributed by atoms with Gasteiger partial charge in [0.2, 0.25) is 5.82 Å². The molecule has 1 aliphatic carbocycles. The van der Waals surface area contributed by atoms with Crippen LogP contribution in [0.2, 0.25) is 0 Å². The molecule has 1 heterocycles. The average Bonchev–Trinajstić information content (AvgIpc) is 2.03. The Morgan fingerprint density at radius 2 is 2.00 bits per heavy atom. The predicted octanol–water partition coefficient (Wildman–Crippen LogP) is 2.35. The zero-order valence-electron chi connectivity index (χ0n) is 7.88. The van der Waals surface area contributed by atoms with E-state index in [1.807, 2.05) is 0 Å². The molecule has 1 saturated carbocycles. The van der Waals surface area contributed by atoms with E-state index >= 15 is 0 Å². The molecule has 0 aromatic carbocycles. The van der Waals surface area contributed by atoms with Gasteiger partial charge in [-0.15, -0.1) is 0 Å². The van der Waals surface area contributed by atoms with Gasteiger partial charge in [0, 0.05) is 5.92 Å². The van der Waals surface area contributed by atoms with E-state index in [0.717, 1.165) is 25.5 Å². The SMILES string of the molecule is Nc1cnc(C(F)(F)F)nc1C1CCC1. The number of nitrogens with zero attached hydrogens (tertiary/aromatic N) is 2. The van der Waals surface area contributed by atoms with Gasteiger partial charge in [-0.2, -0.15) is 13.2 Å². The van der Waals surface area contributed by atoms with E-state index in [1.54, 1.807) is 0 Å². The van der Waals surface area contributed by atoms with Crippen molar-refractivity contribution in [3.05, 3.63) is 17.7 Å². The normalized spacial score (nSPS) is 17.5. The minimum atomic E-state index is -4.49. The van der Waals surface area contributed by atoms with Crippen LogP contribution in [-0.2, 0) is 6.18 Å². The predicted molar refractivity (Wildman–Crippen MR) is 48.0 cm³/mol. The third kappa shape index (κ3) is 1.88. The van der Waals surface area contributed by atoms with Crippen molar-refractivity contribution in [3.8, 4) is 0 Å². The summed E-state index contributed by atoms with van der Waals surface area (Å²) in [5, 5.41) is 0. The third-order valence-corrected chi connectivity index (χ3v) is 2.59. The van der Waals surface area contributed by atoms with Crippen molar-refractivity contribution in [1.82, 2.24) is 9.97 Å². The fraction of sp³-hybridized carbons (Fsp3) is 0.556. The first-order valence-corrected chi connectivity index (χ1v) is 4.68. The second-order valence-electron chi connectivity index (χ2n) is 3.66. The summed E-state index contributed by atoms with van der Waals surface area (Å²) in [5.41, 5.74) is 6.16. The van der Waals surface area contributed by atoms with Crippen molar-refractivity contribution in [1.29, 1.82) is 0 Å². The summed E-state index contributed by atoms with van der Waals surface area (Å²) in [4.78, 5) is 6.69. The number of anilines is 1. The summed E-state index contributed by atoms with van der Waals surface area (Å²) in [6.07, 6.45) is -0.706. The maximum atomic E-state index is 12.3. The van der Waals surface area contributed by atoms with Crippen LogP contribution in [0.3, 0.4) is 0 Å². The quantitative estimate of drug-likeness (QED) is 0.785. The summed E-state index contributed by atoms with van der Waals surface area (Å²) >= 11 is 0. The largest absolute Gasteiger partial charge is 0.451 e. The number of halogens is 3. The Kier molecular flexibility index (Phi) is 2.28. The van der Waals surface area contributed by atoms with Crippen LogP contribution in [0.5, 0.6) is 0 Å². The van der Waals surface area contributed by atoms with Crippen molar-refractivity contribution in [3.63, 3.8) is 0 Å². The van der Waals surface area contributed by atoms with Crippen LogP contribution in [-0.4, -0.2) is 9.97 Å². The van der Waals surface area contributed by atoms with E-state index in [1.165, 1.54) is 0 Å². The number of hydrogen-bond donors (Lipinski definition) is 1. The lowest BCUT2D eigenvalue weighted by Crippen LogP contribution is -2.18. The lowest BCUT2D eigenvalue weighted by molar-refractivity contribution is -0.145. The van der Waals surface area contributed by atoms with E-state index in [2.05, 4.69) is 9.97 Å². The van der Waals surface area contributed by atoms with Crippen LogP contribution in [0.25, 0.3) is 0 Å². The molecule has 6 heteroatoms. The molecule has 3 nitrogen and oxygen atoms in total. The lowest BCUT2D eigenvalue weighted by atomic mass is 9.82. The molecule has 1 aliphatic rings. The fourth-order valence-electron chi connectivity index (χ4n) is 1.55. The Morgan fingerprint density at radius 1 is 1.33 bits per heavy atom. The number of nitrogens with two attached hydrogens (primary N) is 1. The van der Waals surface area contributed by atoms with Gasteiger partial charge in [-0.1, -0.05) is 6.42 Å². The van der Waals surface area contributed by atoms with Crippen molar-refractivity contribution >= 4 is 5.69 Å². The van der Waals surface area contributed by atoms with Crippen molar-refractivity contribution in [2.45, 2.75) is 31.4 Å². The number of alkyl halides is 3. The zero-order chi connectivity index (χ0) is 11.1. The molecule has 0 aliphatic heterocycles. The highest BCUT2D eigenvalue weighted by molar-refractivity contribution is 5.43. The summed E-state index contributed by atoms with van der Waals surface area (Å²) in [7, 11) is 0. The zero-order valence-corrected chi connectivity index (χ0v) is 7.88. The first-order valence-electron chi connectivity index (χ1n) is 4.68. The maximum Gasteiger partial charge on any atom is 0.451 e. The van der Waals surface area contributed by atoms with Crippen LogP contribution in [0.1, 0.15) is 36.7 Å². The molecule has 1 aromatic heterocycles. The summed E-state index contributed by atoms with van der Waals surface area (Å²) in [6.45, 7) is 0. The second kappa shape index (κ2) is 3.36. The molecule has 0 bridgehead atoms. The fourth-order valence-corrected chi connectivity index (χ4v) is 1.55. The second-order valence-corrected chi connectivity index (χ2v) is 3.66. The molecule has 15 heavy (non-hydrogen) atoms. The molecule has 0 unspecified atom stereocenters. The highest BCUT2D eigenvalue weighted by Crippen LogP contribution is 2.38. The van der Waals surface area contributed by atoms with Crippen LogP contribution in [0.4, 0.5) is 18.9 Å². The highest BCUT2D eigenvalue weighted by atomic mass is 19.4. The molecule has 0 radical (unpaired) electrons. The molecule has 2 N–H and O–H groups in total. The van der Waals surface area contributed by atoms with Crippen LogP contribution in [0.15, 0.2) is 6.20 Å². The van der Waals surface area contributed by atoms with Gasteiger partial charge in [-0.05, 0) is 12.8 Å². The Bertz CT molecular complexity index is 371. The van der Waals surface area contributed by atoms with Crippen molar-refractivity contribution in [2.24, 2.45) is 0 Å². The molecule has 0 amide bonds. The summed E-state index contributed by atoms with van der Waals surface area (Å²) in [6, 6.07) is 0. The van der Waals surface area contributed by atoms with Gasteiger partial charge in [-0.3, -0.25) is 0 Å². The molecule has 82 valence electrons. The molecule has 0 atom stereocenters. The molecule has 0 saturated heterocycles. The van der Waals surface area contributed by atoms with E-state index in [4.69, 9.17) is 5.73 Å². The highest BCUT2D eigenvalue weighted by Gasteiger charge is 2.36. The van der Waals surface area contributed by atoms with E-state index in [9.17, 15) is 13.2 Å². The van der Waals surface area contributed by atoms with Crippen LogP contribution in [0, 0.1) is 0 Å². The molecular formula is C9H10F3N3. The standard InChI is InChI=1S/C9H10F3N3/c10-9(11,12)8-14-4-6(13)7(15-8)5-2-1-3-5/h4-5H,1-3,13H2. The monoisotopic (exact) mass is 217 g/mol. The molecule has 1 aromatic rings. The van der Waals surface area contributed by atoms with E-state index in [-0.39, 0.29) is 11.6 Å². The Balaban J connectivity index is 2.36. The van der Waals surface area contributed by atoms with Gasteiger partial charge >= 0.3 is 6.18 Å². The molecular weight excluding hydrogens is 207 g/mol. The van der Waals surface area contributed by atoms with Gasteiger partial charge in [0.1, 0.15) is 0 Å². The summed E-state index contributed by atoms with van der Waals surface area (Å²) < 4.78 is 37.0. The smallest absolute Gasteiger partial charge is 0.396 e. The number of aromatic nitrogens is 2. The summed E-state index contributed by atoms with van der Waals surface area (Å²) in [5.74, 6) is -1.02. The first-order chi connectivity index (χ1) is 6.98. The minimum Gasteiger partial charge on any atom is -0.396 e.